The lowest BCUT2D eigenvalue weighted by Crippen LogP contribution is -2.52. The van der Waals surface area contributed by atoms with E-state index in [0.717, 1.165) is 50.6 Å². The van der Waals surface area contributed by atoms with Crippen LogP contribution in [0.4, 0.5) is 0 Å². The molecule has 32 heavy (non-hydrogen) atoms. The number of ether oxygens (including phenoxy) is 1. The zero-order chi connectivity index (χ0) is 22.5. The molecule has 0 amide bonds. The van der Waals surface area contributed by atoms with E-state index in [-0.39, 0.29) is 6.61 Å². The largest absolute Gasteiger partial charge is 0.496 e. The van der Waals surface area contributed by atoms with Gasteiger partial charge < -0.3 is 14.4 Å². The van der Waals surface area contributed by atoms with Crippen molar-refractivity contribution < 1.29 is 9.84 Å². The molecule has 6 nitrogen and oxygen atoms in total. The van der Waals surface area contributed by atoms with Gasteiger partial charge in [-0.2, -0.15) is 0 Å². The number of hydrogen-bond donors (Lipinski definition) is 1. The lowest BCUT2D eigenvalue weighted by Gasteiger charge is -2.41. The van der Waals surface area contributed by atoms with Crippen molar-refractivity contribution in [3.05, 3.63) is 77.4 Å². The van der Waals surface area contributed by atoms with Crippen molar-refractivity contribution in [1.29, 1.82) is 0 Å². The number of piperazine rings is 1. The van der Waals surface area contributed by atoms with E-state index in [2.05, 4.69) is 69.7 Å². The summed E-state index contributed by atoms with van der Waals surface area (Å²) in [7, 11) is 1.72. The molecule has 1 atom stereocenters. The second-order valence-electron chi connectivity index (χ2n) is 8.63. The topological polar surface area (TPSA) is 53.8 Å². The van der Waals surface area contributed by atoms with E-state index in [0.29, 0.717) is 6.04 Å². The first kappa shape index (κ1) is 22.5. The zero-order valence-corrected chi connectivity index (χ0v) is 19.4. The Kier molecular flexibility index (Phi) is 7.25. The molecule has 170 valence electrons. The Balaban J connectivity index is 1.45. The van der Waals surface area contributed by atoms with Gasteiger partial charge in [0.25, 0.3) is 0 Å². The number of aliphatic hydroxyl groups excluding tert-OH is 1. The molecule has 1 N–H and O–H groups in total. The highest BCUT2D eigenvalue weighted by atomic mass is 16.5. The molecular weight excluding hydrogens is 400 g/mol. The third kappa shape index (κ3) is 4.88. The van der Waals surface area contributed by atoms with Crippen molar-refractivity contribution in [3.8, 4) is 11.4 Å². The minimum atomic E-state index is 0.210. The van der Waals surface area contributed by atoms with Crippen LogP contribution >= 0.6 is 0 Å². The van der Waals surface area contributed by atoms with Crippen molar-refractivity contribution in [2.75, 3.05) is 33.4 Å². The second kappa shape index (κ2) is 10.3. The minimum Gasteiger partial charge on any atom is -0.496 e. The molecular formula is C26H34N4O2. The quantitative estimate of drug-likeness (QED) is 0.588. The van der Waals surface area contributed by atoms with Gasteiger partial charge in [0.15, 0.2) is 0 Å². The number of aromatic nitrogens is 2. The summed E-state index contributed by atoms with van der Waals surface area (Å²) in [5.74, 6) is 0.944. The van der Waals surface area contributed by atoms with Crippen LogP contribution in [0.1, 0.15) is 28.8 Å². The predicted molar refractivity (Wildman–Crippen MR) is 127 cm³/mol. The van der Waals surface area contributed by atoms with Gasteiger partial charge in [-0.05, 0) is 67.3 Å². The molecule has 1 aliphatic heterocycles. The average molecular weight is 435 g/mol. The lowest BCUT2D eigenvalue weighted by atomic mass is 10.00. The van der Waals surface area contributed by atoms with Crippen LogP contribution in [0, 0.1) is 13.8 Å². The number of nitrogens with zero attached hydrogens (tertiary/aromatic N) is 4. The van der Waals surface area contributed by atoms with Gasteiger partial charge in [0, 0.05) is 63.5 Å². The average Bonchev–Trinajstić information content (AvgIpc) is 3.27. The molecule has 1 saturated heterocycles. The molecule has 0 radical (unpaired) electrons. The van der Waals surface area contributed by atoms with Gasteiger partial charge in [-0.3, -0.25) is 14.8 Å². The van der Waals surface area contributed by atoms with E-state index < -0.39 is 0 Å². The fraction of sp³-hybridized carbons (Fsp3) is 0.423. The molecule has 2 aromatic heterocycles. The van der Waals surface area contributed by atoms with Gasteiger partial charge in [-0.25, -0.2) is 0 Å². The van der Waals surface area contributed by atoms with Crippen LogP contribution in [-0.2, 0) is 13.1 Å². The Labute approximate surface area is 191 Å². The Morgan fingerprint density at radius 1 is 1.06 bits per heavy atom. The molecule has 1 aliphatic rings. The smallest absolute Gasteiger partial charge is 0.122 e. The number of hydrogen-bond acceptors (Lipinski definition) is 5. The summed E-state index contributed by atoms with van der Waals surface area (Å²) in [4.78, 5) is 9.30. The van der Waals surface area contributed by atoms with Crippen LogP contribution in [0.25, 0.3) is 5.69 Å². The maximum absolute atomic E-state index is 9.73. The van der Waals surface area contributed by atoms with Gasteiger partial charge in [-0.15, -0.1) is 0 Å². The fourth-order valence-electron chi connectivity index (χ4n) is 4.72. The van der Waals surface area contributed by atoms with E-state index >= 15 is 0 Å². The summed E-state index contributed by atoms with van der Waals surface area (Å²) >= 11 is 0. The van der Waals surface area contributed by atoms with Gasteiger partial charge in [0.05, 0.1) is 19.0 Å². The molecule has 1 fully saturated rings. The first-order chi connectivity index (χ1) is 15.6. The fourth-order valence-corrected chi connectivity index (χ4v) is 4.72. The Morgan fingerprint density at radius 2 is 1.94 bits per heavy atom. The summed E-state index contributed by atoms with van der Waals surface area (Å²) in [5, 5.41) is 9.73. The Hall–Kier alpha value is -2.67. The highest BCUT2D eigenvalue weighted by Crippen LogP contribution is 2.27. The molecule has 1 aromatic carbocycles. The molecule has 1 unspecified atom stereocenters. The molecule has 4 rings (SSSR count). The Morgan fingerprint density at radius 3 is 2.69 bits per heavy atom. The van der Waals surface area contributed by atoms with Crippen molar-refractivity contribution in [2.24, 2.45) is 0 Å². The monoisotopic (exact) mass is 434 g/mol. The summed E-state index contributed by atoms with van der Waals surface area (Å²) in [5.41, 5.74) is 6.19. The highest BCUT2D eigenvalue weighted by molar-refractivity contribution is 5.43. The molecule has 0 saturated carbocycles. The first-order valence-corrected chi connectivity index (χ1v) is 11.4. The van der Waals surface area contributed by atoms with Gasteiger partial charge >= 0.3 is 0 Å². The lowest BCUT2D eigenvalue weighted by molar-refractivity contribution is 0.0490. The first-order valence-electron chi connectivity index (χ1n) is 11.4. The SMILES string of the molecule is COc1ccc(CN2CCN(Cc3cccn3-c3cccnc3)CC2CCO)c(C)c1C. The normalized spacial score (nSPS) is 17.6. The number of aliphatic hydroxyl groups is 1. The van der Waals surface area contributed by atoms with E-state index in [1.165, 1.54) is 22.4 Å². The van der Waals surface area contributed by atoms with E-state index in [4.69, 9.17) is 4.74 Å². The third-order valence-electron chi connectivity index (χ3n) is 6.74. The Bertz CT molecular complexity index is 1020. The molecule has 0 bridgehead atoms. The van der Waals surface area contributed by atoms with Crippen molar-refractivity contribution in [1.82, 2.24) is 19.4 Å². The third-order valence-corrected chi connectivity index (χ3v) is 6.74. The van der Waals surface area contributed by atoms with Crippen LogP contribution in [0.15, 0.2) is 55.0 Å². The summed E-state index contributed by atoms with van der Waals surface area (Å²) in [6.07, 6.45) is 6.59. The standard InChI is InChI=1S/C26H34N4O2/c1-20-21(2)26(32-3)9-8-22(20)17-29-14-13-28(18-24(29)10-15-31)19-25-7-5-12-30(25)23-6-4-11-27-16-23/h4-9,11-12,16,24,31H,10,13-15,17-19H2,1-3H3. The summed E-state index contributed by atoms with van der Waals surface area (Å²) in [6.45, 7) is 9.25. The van der Waals surface area contributed by atoms with Gasteiger partial charge in [0.1, 0.15) is 5.75 Å². The van der Waals surface area contributed by atoms with Crippen molar-refractivity contribution in [2.45, 2.75) is 39.4 Å². The molecule has 0 spiro atoms. The number of methoxy groups -OCH3 is 1. The maximum Gasteiger partial charge on any atom is 0.122 e. The zero-order valence-electron chi connectivity index (χ0n) is 19.4. The number of rotatable bonds is 8. The van der Waals surface area contributed by atoms with Crippen LogP contribution < -0.4 is 4.74 Å². The molecule has 0 aliphatic carbocycles. The minimum absolute atomic E-state index is 0.210. The van der Waals surface area contributed by atoms with Gasteiger partial charge in [0.2, 0.25) is 0 Å². The predicted octanol–water partition coefficient (Wildman–Crippen LogP) is 3.57. The van der Waals surface area contributed by atoms with Crippen molar-refractivity contribution in [3.63, 3.8) is 0 Å². The maximum atomic E-state index is 9.73. The van der Waals surface area contributed by atoms with Crippen LogP contribution in [0.5, 0.6) is 5.75 Å². The molecule has 6 heteroatoms. The number of pyridine rings is 1. The van der Waals surface area contributed by atoms with Crippen LogP contribution in [-0.4, -0.2) is 63.9 Å². The van der Waals surface area contributed by atoms with E-state index in [1.807, 2.05) is 12.3 Å². The van der Waals surface area contributed by atoms with Crippen LogP contribution in [0.2, 0.25) is 0 Å². The highest BCUT2D eigenvalue weighted by Gasteiger charge is 2.27. The summed E-state index contributed by atoms with van der Waals surface area (Å²) < 4.78 is 7.69. The van der Waals surface area contributed by atoms with E-state index in [9.17, 15) is 5.11 Å². The van der Waals surface area contributed by atoms with E-state index in [1.54, 1.807) is 13.3 Å². The molecule has 3 aromatic rings. The van der Waals surface area contributed by atoms with Gasteiger partial charge in [-0.1, -0.05) is 6.07 Å². The number of benzene rings is 1. The molecule has 3 heterocycles. The summed E-state index contributed by atoms with van der Waals surface area (Å²) in [6, 6.07) is 12.9. The van der Waals surface area contributed by atoms with Crippen LogP contribution in [0.3, 0.4) is 0 Å². The van der Waals surface area contributed by atoms with Crippen molar-refractivity contribution >= 4 is 0 Å². The second-order valence-corrected chi connectivity index (χ2v) is 8.63.